The van der Waals surface area contributed by atoms with E-state index in [1.54, 1.807) is 12.1 Å². The number of hydrogen-bond donors (Lipinski definition) is 0. The summed E-state index contributed by atoms with van der Waals surface area (Å²) in [6.07, 6.45) is 7.56. The maximum atomic E-state index is 13.6. The van der Waals surface area contributed by atoms with E-state index in [0.717, 1.165) is 12.8 Å². The molecule has 1 rings (SSSR count). The van der Waals surface area contributed by atoms with Crippen molar-refractivity contribution in [3.8, 4) is 0 Å². The Kier molecular flexibility index (Phi) is 7.69. The van der Waals surface area contributed by atoms with Gasteiger partial charge >= 0.3 is 0 Å². The minimum atomic E-state index is -0.251. The number of rotatable bonds is 8. The summed E-state index contributed by atoms with van der Waals surface area (Å²) in [6.45, 7) is 2.20. The molecule has 102 valence electrons. The van der Waals surface area contributed by atoms with Crippen molar-refractivity contribution in [2.24, 2.45) is 0 Å². The third-order valence-corrected chi connectivity index (χ3v) is 3.83. The first kappa shape index (κ1) is 15.8. The average Bonchev–Trinajstić information content (AvgIpc) is 2.34. The van der Waals surface area contributed by atoms with Gasteiger partial charge in [0.05, 0.1) is 0 Å². The number of unbranched alkanes of at least 4 members (excludes halogenated alkanes) is 4. The zero-order valence-corrected chi connectivity index (χ0v) is 12.4. The fourth-order valence-corrected chi connectivity index (χ4v) is 2.57. The summed E-state index contributed by atoms with van der Waals surface area (Å²) in [7, 11) is 0. The van der Waals surface area contributed by atoms with Gasteiger partial charge in [-0.2, -0.15) is 0 Å². The molecule has 0 aliphatic heterocycles. The maximum absolute atomic E-state index is 13.6. The monoisotopic (exact) mass is 290 g/mol. The van der Waals surface area contributed by atoms with Gasteiger partial charge < -0.3 is 0 Å². The second kappa shape index (κ2) is 8.77. The van der Waals surface area contributed by atoms with Crippen LogP contribution in [-0.4, -0.2) is 5.38 Å². The van der Waals surface area contributed by atoms with Crippen LogP contribution in [0.5, 0.6) is 0 Å². The molecule has 0 aliphatic rings. The van der Waals surface area contributed by atoms with E-state index in [0.29, 0.717) is 17.0 Å². The molecule has 0 nitrogen and oxygen atoms in total. The van der Waals surface area contributed by atoms with E-state index >= 15 is 0 Å². The molecule has 0 amide bonds. The molecule has 0 spiro atoms. The Morgan fingerprint density at radius 2 is 1.89 bits per heavy atom. The lowest BCUT2D eigenvalue weighted by Crippen LogP contribution is -2.05. The minimum absolute atomic E-state index is 0.0268. The van der Waals surface area contributed by atoms with Crippen LogP contribution in [0.2, 0.25) is 5.02 Å². The van der Waals surface area contributed by atoms with Gasteiger partial charge in [0.2, 0.25) is 0 Å². The molecule has 0 aliphatic carbocycles. The van der Waals surface area contributed by atoms with Crippen molar-refractivity contribution in [1.82, 2.24) is 0 Å². The van der Waals surface area contributed by atoms with Crippen LogP contribution in [0.15, 0.2) is 18.2 Å². The number of benzene rings is 1. The Labute approximate surface area is 119 Å². The SMILES string of the molecule is CCCCCCCC(Cl)Cc1c(F)cccc1Cl. The van der Waals surface area contributed by atoms with Crippen molar-refractivity contribution in [2.75, 3.05) is 0 Å². The van der Waals surface area contributed by atoms with Crippen molar-refractivity contribution in [1.29, 1.82) is 0 Å². The summed E-state index contributed by atoms with van der Waals surface area (Å²) >= 11 is 12.2. The van der Waals surface area contributed by atoms with E-state index in [9.17, 15) is 4.39 Å². The van der Waals surface area contributed by atoms with Crippen molar-refractivity contribution < 1.29 is 4.39 Å². The first-order valence-corrected chi connectivity index (χ1v) is 7.53. The third-order valence-electron chi connectivity index (χ3n) is 3.11. The quantitative estimate of drug-likeness (QED) is 0.407. The topological polar surface area (TPSA) is 0 Å². The number of alkyl halides is 1. The number of hydrogen-bond acceptors (Lipinski definition) is 0. The van der Waals surface area contributed by atoms with Crippen LogP contribution in [-0.2, 0) is 6.42 Å². The normalized spacial score (nSPS) is 12.7. The highest BCUT2D eigenvalue weighted by molar-refractivity contribution is 6.31. The lowest BCUT2D eigenvalue weighted by Gasteiger charge is -2.11. The van der Waals surface area contributed by atoms with Gasteiger partial charge in [0.25, 0.3) is 0 Å². The summed E-state index contributed by atoms with van der Waals surface area (Å²) in [5.41, 5.74) is 0.549. The smallest absolute Gasteiger partial charge is 0.127 e. The largest absolute Gasteiger partial charge is 0.207 e. The highest BCUT2D eigenvalue weighted by atomic mass is 35.5. The molecule has 1 aromatic carbocycles. The van der Waals surface area contributed by atoms with Crippen molar-refractivity contribution in [3.63, 3.8) is 0 Å². The summed E-state index contributed by atoms with van der Waals surface area (Å²) in [4.78, 5) is 0. The summed E-state index contributed by atoms with van der Waals surface area (Å²) < 4.78 is 13.6. The zero-order valence-electron chi connectivity index (χ0n) is 10.9. The molecule has 0 radical (unpaired) electrons. The summed E-state index contributed by atoms with van der Waals surface area (Å²) in [6, 6.07) is 4.77. The van der Waals surface area contributed by atoms with Crippen LogP contribution < -0.4 is 0 Å². The van der Waals surface area contributed by atoms with Crippen LogP contribution in [0.25, 0.3) is 0 Å². The van der Waals surface area contributed by atoms with Gasteiger partial charge in [-0.05, 0) is 25.0 Å². The van der Waals surface area contributed by atoms with Crippen LogP contribution in [0, 0.1) is 5.82 Å². The molecule has 0 bridgehead atoms. The van der Waals surface area contributed by atoms with E-state index in [1.807, 2.05) is 0 Å². The lowest BCUT2D eigenvalue weighted by atomic mass is 10.0. The number of halogens is 3. The van der Waals surface area contributed by atoms with Crippen molar-refractivity contribution in [3.05, 3.63) is 34.6 Å². The Morgan fingerprint density at radius 1 is 1.17 bits per heavy atom. The molecule has 1 atom stereocenters. The van der Waals surface area contributed by atoms with Gasteiger partial charge in [-0.15, -0.1) is 11.6 Å². The maximum Gasteiger partial charge on any atom is 0.127 e. The van der Waals surface area contributed by atoms with Crippen molar-refractivity contribution >= 4 is 23.2 Å². The van der Waals surface area contributed by atoms with Gasteiger partial charge in [-0.3, -0.25) is 0 Å². The molecule has 3 heteroatoms. The predicted molar refractivity (Wildman–Crippen MR) is 78.1 cm³/mol. The van der Waals surface area contributed by atoms with E-state index < -0.39 is 0 Å². The molecule has 0 saturated carbocycles. The fraction of sp³-hybridized carbons (Fsp3) is 0.600. The molecule has 18 heavy (non-hydrogen) atoms. The highest BCUT2D eigenvalue weighted by Gasteiger charge is 2.12. The van der Waals surface area contributed by atoms with Gasteiger partial charge in [0.1, 0.15) is 5.82 Å². The van der Waals surface area contributed by atoms with Crippen LogP contribution >= 0.6 is 23.2 Å². The first-order chi connectivity index (χ1) is 8.65. The van der Waals surface area contributed by atoms with E-state index in [-0.39, 0.29) is 11.2 Å². The molecular weight excluding hydrogens is 270 g/mol. The van der Waals surface area contributed by atoms with E-state index in [2.05, 4.69) is 6.92 Å². The standard InChI is InChI=1S/C15H21Cl2F/c1-2-3-4-5-6-8-12(16)11-13-14(17)9-7-10-15(13)18/h7,9-10,12H,2-6,8,11H2,1H3. The molecule has 0 aromatic heterocycles. The summed E-state index contributed by atoms with van der Waals surface area (Å²) in [5, 5.41) is 0.452. The lowest BCUT2D eigenvalue weighted by molar-refractivity contribution is 0.576. The molecule has 1 aromatic rings. The van der Waals surface area contributed by atoms with Gasteiger partial charge in [-0.1, -0.05) is 56.7 Å². The fourth-order valence-electron chi connectivity index (χ4n) is 2.02. The average molecular weight is 291 g/mol. The predicted octanol–water partition coefficient (Wildman–Crippen LogP) is 5.99. The second-order valence-corrected chi connectivity index (χ2v) is 5.73. The summed E-state index contributed by atoms with van der Waals surface area (Å²) in [5.74, 6) is -0.251. The molecular formula is C15H21Cl2F. The third kappa shape index (κ3) is 5.58. The van der Waals surface area contributed by atoms with E-state index in [1.165, 1.54) is 31.7 Å². The van der Waals surface area contributed by atoms with E-state index in [4.69, 9.17) is 23.2 Å². The Bertz CT molecular complexity index is 332. The molecule has 0 N–H and O–H groups in total. The second-order valence-electron chi connectivity index (χ2n) is 4.70. The Hall–Kier alpha value is -0.270. The van der Waals surface area contributed by atoms with Crippen LogP contribution in [0.3, 0.4) is 0 Å². The molecule has 0 fully saturated rings. The molecule has 1 unspecified atom stereocenters. The van der Waals surface area contributed by atoms with Gasteiger partial charge in [0, 0.05) is 16.0 Å². The molecule has 0 saturated heterocycles. The molecule has 0 heterocycles. The van der Waals surface area contributed by atoms with Crippen LogP contribution in [0.1, 0.15) is 51.0 Å². The first-order valence-electron chi connectivity index (χ1n) is 6.72. The van der Waals surface area contributed by atoms with Gasteiger partial charge in [0.15, 0.2) is 0 Å². The van der Waals surface area contributed by atoms with Gasteiger partial charge in [-0.25, -0.2) is 4.39 Å². The Morgan fingerprint density at radius 3 is 2.56 bits per heavy atom. The highest BCUT2D eigenvalue weighted by Crippen LogP contribution is 2.24. The zero-order chi connectivity index (χ0) is 13.4. The van der Waals surface area contributed by atoms with Crippen LogP contribution in [0.4, 0.5) is 4.39 Å². The Balaban J connectivity index is 2.33. The minimum Gasteiger partial charge on any atom is -0.207 e. The van der Waals surface area contributed by atoms with Crippen molar-refractivity contribution in [2.45, 2.75) is 57.2 Å².